The van der Waals surface area contributed by atoms with Crippen LogP contribution in [0.4, 0.5) is 11.6 Å². The van der Waals surface area contributed by atoms with Gasteiger partial charge in [-0.25, -0.2) is 4.98 Å². The van der Waals surface area contributed by atoms with Gasteiger partial charge in [-0.1, -0.05) is 47.8 Å². The summed E-state index contributed by atoms with van der Waals surface area (Å²) in [4.78, 5) is 19.4. The number of hydrogen-bond donors (Lipinski definition) is 0. The van der Waals surface area contributed by atoms with Crippen molar-refractivity contribution in [2.24, 2.45) is 5.92 Å². The Bertz CT molecular complexity index is 1170. The van der Waals surface area contributed by atoms with Crippen molar-refractivity contribution in [3.05, 3.63) is 51.0 Å². The van der Waals surface area contributed by atoms with Gasteiger partial charge in [0.15, 0.2) is 0 Å². The molecule has 2 heterocycles. The molecule has 0 saturated heterocycles. The zero-order valence-electron chi connectivity index (χ0n) is 17.1. The summed E-state index contributed by atoms with van der Waals surface area (Å²) in [6.45, 7) is 3.61. The van der Waals surface area contributed by atoms with E-state index in [-0.39, 0.29) is 18.0 Å². The van der Waals surface area contributed by atoms with Crippen LogP contribution in [0.2, 0.25) is 15.1 Å². The van der Waals surface area contributed by atoms with Gasteiger partial charge in [0, 0.05) is 23.7 Å². The highest BCUT2D eigenvalue weighted by molar-refractivity contribution is 6.36. The van der Waals surface area contributed by atoms with Crippen molar-refractivity contribution in [3.8, 4) is 0 Å². The zero-order valence-corrected chi connectivity index (χ0v) is 19.3. The highest BCUT2D eigenvalue weighted by Gasteiger charge is 2.34. The Morgan fingerprint density at radius 2 is 1.97 bits per heavy atom. The van der Waals surface area contributed by atoms with Crippen LogP contribution in [0.25, 0.3) is 11.0 Å². The molecule has 1 unspecified atom stereocenters. The van der Waals surface area contributed by atoms with Crippen molar-refractivity contribution in [1.29, 1.82) is 0 Å². The average molecular weight is 479 g/mol. The van der Waals surface area contributed by atoms with Gasteiger partial charge in [0.1, 0.15) is 11.6 Å². The number of esters is 1. The lowest BCUT2D eigenvalue weighted by Gasteiger charge is -2.30. The number of anilines is 2. The van der Waals surface area contributed by atoms with Gasteiger partial charge in [-0.15, -0.1) is 0 Å². The van der Waals surface area contributed by atoms with E-state index < -0.39 is 0 Å². The third-order valence-corrected chi connectivity index (χ3v) is 6.79. The van der Waals surface area contributed by atoms with Crippen LogP contribution in [0.5, 0.6) is 0 Å². The molecule has 0 bridgehead atoms. The minimum Gasteiger partial charge on any atom is -0.457 e. The van der Waals surface area contributed by atoms with Gasteiger partial charge in [-0.05, 0) is 49.9 Å². The number of benzene rings is 2. The molecule has 1 fully saturated rings. The third kappa shape index (κ3) is 3.77. The fraction of sp³-hybridized carbons (Fsp3) is 0.391. The first-order valence-electron chi connectivity index (χ1n) is 10.6. The van der Waals surface area contributed by atoms with Gasteiger partial charge in [0.25, 0.3) is 0 Å². The van der Waals surface area contributed by atoms with E-state index >= 15 is 0 Å². The molecule has 2 aromatic carbocycles. The molecule has 0 amide bonds. The van der Waals surface area contributed by atoms with E-state index in [9.17, 15) is 4.79 Å². The predicted octanol–water partition coefficient (Wildman–Crippen LogP) is 6.94. The first kappa shape index (κ1) is 20.9. The van der Waals surface area contributed by atoms with Gasteiger partial charge < -0.3 is 14.2 Å². The molecule has 0 radical (unpaired) electrons. The number of imidazole rings is 1. The Morgan fingerprint density at radius 1 is 1.16 bits per heavy atom. The van der Waals surface area contributed by atoms with E-state index in [0.29, 0.717) is 27.0 Å². The summed E-state index contributed by atoms with van der Waals surface area (Å²) in [5.41, 5.74) is 3.44. The number of halogens is 3. The predicted molar refractivity (Wildman–Crippen MR) is 125 cm³/mol. The van der Waals surface area contributed by atoms with E-state index in [0.717, 1.165) is 55.1 Å². The normalized spacial score (nSPS) is 17.0. The van der Waals surface area contributed by atoms with Gasteiger partial charge in [-0.3, -0.25) is 4.79 Å². The number of carbonyl (C=O) groups excluding carboxylic acids is 1. The number of hydrogen-bond acceptors (Lipinski definition) is 4. The lowest BCUT2D eigenvalue weighted by atomic mass is 10.0. The molecule has 1 saturated carbocycles. The van der Waals surface area contributed by atoms with Crippen LogP contribution in [-0.2, 0) is 16.1 Å². The van der Waals surface area contributed by atoms with Gasteiger partial charge in [-0.2, -0.15) is 0 Å². The fourth-order valence-electron chi connectivity index (χ4n) is 4.24. The molecule has 1 aliphatic carbocycles. The van der Waals surface area contributed by atoms with Crippen molar-refractivity contribution in [3.63, 3.8) is 0 Å². The van der Waals surface area contributed by atoms with E-state index in [1.807, 2.05) is 31.2 Å². The summed E-state index contributed by atoms with van der Waals surface area (Å²) < 4.78 is 8.05. The highest BCUT2D eigenvalue weighted by atomic mass is 35.5. The maximum absolute atomic E-state index is 12.4. The molecule has 1 aromatic heterocycles. The van der Waals surface area contributed by atoms with Crippen molar-refractivity contribution in [2.75, 3.05) is 11.4 Å². The van der Waals surface area contributed by atoms with Crippen LogP contribution in [-0.4, -0.2) is 22.1 Å². The van der Waals surface area contributed by atoms with E-state index in [2.05, 4.69) is 9.47 Å². The molecule has 0 N–H and O–H groups in total. The summed E-state index contributed by atoms with van der Waals surface area (Å²) in [6.07, 6.45) is 3.11. The Labute approximate surface area is 195 Å². The Morgan fingerprint density at radius 3 is 2.68 bits per heavy atom. The molecule has 1 atom stereocenters. The summed E-state index contributed by atoms with van der Waals surface area (Å²) in [5, 5.41) is 1.74. The number of nitrogens with zero attached hydrogens (tertiary/aromatic N) is 3. The van der Waals surface area contributed by atoms with Crippen molar-refractivity contribution >= 4 is 63.4 Å². The number of ether oxygens (including phenoxy) is 1. The topological polar surface area (TPSA) is 47.4 Å². The minimum absolute atomic E-state index is 0.0544. The quantitative estimate of drug-likeness (QED) is 0.373. The molecule has 8 heteroatoms. The largest absolute Gasteiger partial charge is 0.457 e. The number of fused-ring (bicyclic) bond motifs is 3. The first-order chi connectivity index (χ1) is 15.0. The van der Waals surface area contributed by atoms with Crippen molar-refractivity contribution in [1.82, 2.24) is 9.55 Å². The summed E-state index contributed by atoms with van der Waals surface area (Å²) in [5.74, 6) is 0.727. The van der Waals surface area contributed by atoms with Crippen molar-refractivity contribution < 1.29 is 9.53 Å². The maximum atomic E-state index is 12.4. The van der Waals surface area contributed by atoms with Gasteiger partial charge in [0.05, 0.1) is 27.2 Å². The smallest absolute Gasteiger partial charge is 0.309 e. The lowest BCUT2D eigenvalue weighted by Crippen LogP contribution is -2.28. The van der Waals surface area contributed by atoms with E-state index in [1.54, 1.807) is 6.07 Å². The molecule has 5 rings (SSSR count). The van der Waals surface area contributed by atoms with Gasteiger partial charge in [0.2, 0.25) is 5.95 Å². The zero-order chi connectivity index (χ0) is 21.7. The van der Waals surface area contributed by atoms with Crippen molar-refractivity contribution in [2.45, 2.75) is 45.3 Å². The number of aromatic nitrogens is 2. The SMILES string of the molecule is CCC(OC(=O)C1CC1)c1ccc(Cl)c2nc3n(c12)CCCN3c1ccc(Cl)cc1Cl. The van der Waals surface area contributed by atoms with Crippen LogP contribution in [0.15, 0.2) is 30.3 Å². The molecular formula is C23H22Cl3N3O2. The van der Waals surface area contributed by atoms with E-state index in [4.69, 9.17) is 44.5 Å². The van der Waals surface area contributed by atoms with E-state index in [1.165, 1.54) is 0 Å². The average Bonchev–Trinajstić information content (AvgIpc) is 3.53. The monoisotopic (exact) mass is 477 g/mol. The second-order valence-corrected chi connectivity index (χ2v) is 9.36. The summed E-state index contributed by atoms with van der Waals surface area (Å²) >= 11 is 19.2. The Kier molecular flexibility index (Phi) is 5.53. The van der Waals surface area contributed by atoms with Gasteiger partial charge >= 0.3 is 5.97 Å². The summed E-state index contributed by atoms with van der Waals surface area (Å²) in [7, 11) is 0. The first-order valence-corrected chi connectivity index (χ1v) is 11.7. The lowest BCUT2D eigenvalue weighted by molar-refractivity contribution is -0.151. The molecule has 3 aromatic rings. The maximum Gasteiger partial charge on any atom is 0.309 e. The number of aryl methyl sites for hydroxylation is 1. The molecular weight excluding hydrogens is 457 g/mol. The summed E-state index contributed by atoms with van der Waals surface area (Å²) in [6, 6.07) is 9.28. The van der Waals surface area contributed by atoms with Crippen LogP contribution in [0.3, 0.4) is 0 Å². The van der Waals surface area contributed by atoms with Crippen LogP contribution < -0.4 is 4.90 Å². The second kappa shape index (κ2) is 8.19. The molecule has 5 nitrogen and oxygen atoms in total. The highest BCUT2D eigenvalue weighted by Crippen LogP contribution is 2.42. The fourth-order valence-corrected chi connectivity index (χ4v) is 4.94. The minimum atomic E-state index is -0.330. The Hall–Kier alpha value is -1.95. The standard InChI is InChI=1S/C23H22Cl3N3O2/c1-2-19(31-22(30)13-4-5-13)15-7-8-16(25)20-21(15)29-11-3-10-28(23(29)27-20)18-9-6-14(24)12-17(18)26/h6-9,12-13,19H,2-5,10-11H2,1H3. The number of rotatable bonds is 5. The van der Waals surface area contributed by atoms with Crippen LogP contribution in [0, 0.1) is 5.92 Å². The molecule has 0 spiro atoms. The third-order valence-electron chi connectivity index (χ3n) is 5.95. The number of carbonyl (C=O) groups is 1. The second-order valence-electron chi connectivity index (χ2n) is 8.11. The molecule has 31 heavy (non-hydrogen) atoms. The molecule has 1 aliphatic heterocycles. The van der Waals surface area contributed by atoms with Crippen LogP contribution >= 0.6 is 34.8 Å². The van der Waals surface area contributed by atoms with Crippen LogP contribution in [0.1, 0.15) is 44.3 Å². The molecule has 2 aliphatic rings. The molecule has 162 valence electrons. The Balaban J connectivity index is 1.63.